The molecule has 1 aromatic carbocycles. The van der Waals surface area contributed by atoms with E-state index in [4.69, 9.17) is 11.6 Å². The Hall–Kier alpha value is -1.02. The van der Waals surface area contributed by atoms with Crippen LogP contribution in [0.2, 0.25) is 5.28 Å². The molecule has 78 valence electrons. The Morgan fingerprint density at radius 1 is 1.27 bits per heavy atom. The number of aryl methyl sites for hydroxylation is 2. The van der Waals surface area contributed by atoms with Gasteiger partial charge < -0.3 is 4.57 Å². The first-order chi connectivity index (χ1) is 7.16. The average molecular weight is 221 g/mol. The highest BCUT2D eigenvalue weighted by molar-refractivity contribution is 6.29. The maximum Gasteiger partial charge on any atom is 0.204 e. The molecule has 1 aromatic heterocycles. The molecule has 0 unspecified atom stereocenters. The maximum absolute atomic E-state index is 6.16. The van der Waals surface area contributed by atoms with Crippen molar-refractivity contribution < 1.29 is 0 Å². The molecule has 0 bridgehead atoms. The average Bonchev–Trinajstić information content (AvgIpc) is 2.93. The van der Waals surface area contributed by atoms with Crippen LogP contribution in [0.1, 0.15) is 30.0 Å². The summed E-state index contributed by atoms with van der Waals surface area (Å²) < 4.78 is 2.17. The van der Waals surface area contributed by atoms with Gasteiger partial charge in [-0.15, -0.1) is 0 Å². The van der Waals surface area contributed by atoms with Gasteiger partial charge in [0.05, 0.1) is 11.0 Å². The first kappa shape index (κ1) is 9.22. The molecule has 0 atom stereocenters. The van der Waals surface area contributed by atoms with E-state index in [1.165, 1.54) is 29.5 Å². The molecule has 1 aliphatic carbocycles. The van der Waals surface area contributed by atoms with Crippen LogP contribution in [0.4, 0.5) is 0 Å². The molecule has 15 heavy (non-hydrogen) atoms. The molecular weight excluding hydrogens is 208 g/mol. The number of halogens is 1. The van der Waals surface area contributed by atoms with E-state index in [2.05, 4.69) is 35.5 Å². The fourth-order valence-corrected chi connectivity index (χ4v) is 2.32. The molecule has 1 aliphatic rings. The van der Waals surface area contributed by atoms with Crippen LogP contribution in [0.15, 0.2) is 12.1 Å². The normalized spacial score (nSPS) is 16.2. The summed E-state index contributed by atoms with van der Waals surface area (Å²) in [5, 5.41) is 0.637. The van der Waals surface area contributed by atoms with Gasteiger partial charge in [-0.3, -0.25) is 0 Å². The topological polar surface area (TPSA) is 17.8 Å². The number of hydrogen-bond acceptors (Lipinski definition) is 1. The molecule has 2 aromatic rings. The number of imidazole rings is 1. The third-order valence-electron chi connectivity index (χ3n) is 3.17. The molecule has 3 rings (SSSR count). The maximum atomic E-state index is 6.16. The Morgan fingerprint density at radius 3 is 2.60 bits per heavy atom. The van der Waals surface area contributed by atoms with Gasteiger partial charge in [0.25, 0.3) is 0 Å². The van der Waals surface area contributed by atoms with Crippen molar-refractivity contribution in [2.24, 2.45) is 0 Å². The molecule has 1 fully saturated rings. The highest BCUT2D eigenvalue weighted by atomic mass is 35.5. The highest BCUT2D eigenvalue weighted by Gasteiger charge is 2.27. The summed E-state index contributed by atoms with van der Waals surface area (Å²) >= 11 is 6.16. The molecule has 0 amide bonds. The lowest BCUT2D eigenvalue weighted by molar-refractivity contribution is 0.767. The van der Waals surface area contributed by atoms with E-state index in [0.717, 1.165) is 5.52 Å². The van der Waals surface area contributed by atoms with Crippen LogP contribution in [0.3, 0.4) is 0 Å². The summed E-state index contributed by atoms with van der Waals surface area (Å²) in [7, 11) is 0. The lowest BCUT2D eigenvalue weighted by atomic mass is 10.1. The first-order valence-corrected chi connectivity index (χ1v) is 5.69. The van der Waals surface area contributed by atoms with Gasteiger partial charge in [0.1, 0.15) is 0 Å². The summed E-state index contributed by atoms with van der Waals surface area (Å²) in [6.07, 6.45) is 2.47. The van der Waals surface area contributed by atoms with Gasteiger partial charge in [0.15, 0.2) is 0 Å². The van der Waals surface area contributed by atoms with Gasteiger partial charge >= 0.3 is 0 Å². The van der Waals surface area contributed by atoms with E-state index in [1.54, 1.807) is 0 Å². The van der Waals surface area contributed by atoms with E-state index in [-0.39, 0.29) is 0 Å². The number of benzene rings is 1. The highest BCUT2D eigenvalue weighted by Crippen LogP contribution is 2.40. The SMILES string of the molecule is Cc1cc2nc(Cl)n(C3CC3)c2cc1C. The summed E-state index contributed by atoms with van der Waals surface area (Å²) in [5.41, 5.74) is 4.79. The third kappa shape index (κ3) is 1.36. The van der Waals surface area contributed by atoms with E-state index in [0.29, 0.717) is 11.3 Å². The van der Waals surface area contributed by atoms with Gasteiger partial charge in [-0.05, 0) is 61.5 Å². The van der Waals surface area contributed by atoms with Gasteiger partial charge in [0.2, 0.25) is 5.28 Å². The van der Waals surface area contributed by atoms with Crippen LogP contribution in [0.25, 0.3) is 11.0 Å². The number of nitrogens with zero attached hydrogens (tertiary/aromatic N) is 2. The van der Waals surface area contributed by atoms with Crippen molar-refractivity contribution in [1.82, 2.24) is 9.55 Å². The molecule has 0 N–H and O–H groups in total. The van der Waals surface area contributed by atoms with Crippen molar-refractivity contribution in [3.63, 3.8) is 0 Å². The van der Waals surface area contributed by atoms with E-state index in [9.17, 15) is 0 Å². The van der Waals surface area contributed by atoms with Crippen molar-refractivity contribution in [2.75, 3.05) is 0 Å². The quantitative estimate of drug-likeness (QED) is 0.718. The van der Waals surface area contributed by atoms with Gasteiger partial charge in [-0.2, -0.15) is 0 Å². The predicted octanol–water partition coefficient (Wildman–Crippen LogP) is 3.64. The molecule has 0 spiro atoms. The van der Waals surface area contributed by atoms with Crippen LogP contribution >= 0.6 is 11.6 Å². The molecule has 0 saturated heterocycles. The second-order valence-electron chi connectivity index (χ2n) is 4.41. The number of hydrogen-bond donors (Lipinski definition) is 0. The van der Waals surface area contributed by atoms with Crippen molar-refractivity contribution in [1.29, 1.82) is 0 Å². The minimum absolute atomic E-state index is 0.588. The van der Waals surface area contributed by atoms with Crippen molar-refractivity contribution in [3.8, 4) is 0 Å². The summed E-state index contributed by atoms with van der Waals surface area (Å²) in [5.74, 6) is 0. The Labute approximate surface area is 93.9 Å². The van der Waals surface area contributed by atoms with Crippen LogP contribution in [-0.4, -0.2) is 9.55 Å². The minimum Gasteiger partial charge on any atom is -0.312 e. The van der Waals surface area contributed by atoms with E-state index >= 15 is 0 Å². The number of rotatable bonds is 1. The molecule has 0 aliphatic heterocycles. The Kier molecular flexibility index (Phi) is 1.84. The van der Waals surface area contributed by atoms with Crippen LogP contribution < -0.4 is 0 Å². The molecule has 1 heterocycles. The Balaban J connectivity index is 2.34. The second-order valence-corrected chi connectivity index (χ2v) is 4.75. The van der Waals surface area contributed by atoms with Crippen LogP contribution in [0, 0.1) is 13.8 Å². The van der Waals surface area contributed by atoms with E-state index < -0.39 is 0 Å². The molecule has 1 saturated carbocycles. The van der Waals surface area contributed by atoms with Crippen molar-refractivity contribution >= 4 is 22.6 Å². The van der Waals surface area contributed by atoms with Crippen LogP contribution in [-0.2, 0) is 0 Å². The third-order valence-corrected chi connectivity index (χ3v) is 3.44. The Bertz CT molecular complexity index is 538. The molecular formula is C12H13ClN2. The van der Waals surface area contributed by atoms with Gasteiger partial charge in [-0.1, -0.05) is 0 Å². The zero-order valence-electron chi connectivity index (χ0n) is 8.92. The zero-order chi connectivity index (χ0) is 10.6. The predicted molar refractivity (Wildman–Crippen MR) is 62.5 cm³/mol. The smallest absolute Gasteiger partial charge is 0.204 e. The molecule has 3 heteroatoms. The summed E-state index contributed by atoms with van der Waals surface area (Å²) in [4.78, 5) is 4.40. The fourth-order valence-electron chi connectivity index (χ4n) is 2.00. The monoisotopic (exact) mass is 220 g/mol. The van der Waals surface area contributed by atoms with Gasteiger partial charge in [-0.25, -0.2) is 4.98 Å². The number of fused-ring (bicyclic) bond motifs is 1. The second kappa shape index (κ2) is 2.99. The van der Waals surface area contributed by atoms with Crippen molar-refractivity contribution in [3.05, 3.63) is 28.5 Å². The summed E-state index contributed by atoms with van der Waals surface area (Å²) in [6.45, 7) is 4.24. The fraction of sp³-hybridized carbons (Fsp3) is 0.417. The Morgan fingerprint density at radius 2 is 1.93 bits per heavy atom. The van der Waals surface area contributed by atoms with E-state index in [1.807, 2.05) is 0 Å². The minimum atomic E-state index is 0.588. The first-order valence-electron chi connectivity index (χ1n) is 5.31. The summed E-state index contributed by atoms with van der Waals surface area (Å²) in [6, 6.07) is 4.90. The van der Waals surface area contributed by atoms with Crippen molar-refractivity contribution in [2.45, 2.75) is 32.7 Å². The van der Waals surface area contributed by atoms with Gasteiger partial charge in [0, 0.05) is 6.04 Å². The lowest BCUT2D eigenvalue weighted by Gasteiger charge is -2.04. The standard InChI is InChI=1S/C12H13ClN2/c1-7-5-10-11(6-8(7)2)15(9-3-4-9)12(13)14-10/h5-6,9H,3-4H2,1-2H3. The molecule has 0 radical (unpaired) electrons. The zero-order valence-corrected chi connectivity index (χ0v) is 9.67. The largest absolute Gasteiger partial charge is 0.312 e. The lowest BCUT2D eigenvalue weighted by Crippen LogP contribution is -1.93. The molecule has 2 nitrogen and oxygen atoms in total. The van der Waals surface area contributed by atoms with Crippen LogP contribution in [0.5, 0.6) is 0 Å². The number of aromatic nitrogens is 2.